The van der Waals surface area contributed by atoms with Crippen LogP contribution in [0.3, 0.4) is 0 Å². The summed E-state index contributed by atoms with van der Waals surface area (Å²) in [6.45, 7) is 0. The first kappa shape index (κ1) is 14.1. The van der Waals surface area contributed by atoms with Crippen LogP contribution in [-0.4, -0.2) is 9.67 Å². The molecule has 1 aliphatic rings. The lowest BCUT2D eigenvalue weighted by atomic mass is 9.92. The normalized spacial score (nSPS) is 16.6. The molecule has 1 aliphatic carbocycles. The fourth-order valence-electron chi connectivity index (χ4n) is 3.21. The van der Waals surface area contributed by atoms with Crippen molar-refractivity contribution < 1.29 is 5.11 Å². The molecular formula is C21H19NO. The van der Waals surface area contributed by atoms with Gasteiger partial charge in [0.15, 0.2) is 0 Å². The van der Waals surface area contributed by atoms with Crippen LogP contribution in [0, 0.1) is 17.3 Å². The second-order valence-electron chi connectivity index (χ2n) is 6.39. The molecule has 0 bridgehead atoms. The molecule has 3 aromatic rings. The lowest BCUT2D eigenvalue weighted by Gasteiger charge is -2.16. The fraction of sp³-hybridized carbons (Fsp3) is 0.238. The van der Waals surface area contributed by atoms with Crippen LogP contribution in [0.5, 0.6) is 0 Å². The average Bonchev–Trinajstić information content (AvgIpc) is 3.32. The van der Waals surface area contributed by atoms with Gasteiger partial charge in [-0.2, -0.15) is 0 Å². The van der Waals surface area contributed by atoms with E-state index in [1.54, 1.807) is 0 Å². The van der Waals surface area contributed by atoms with E-state index in [9.17, 15) is 5.11 Å². The number of hydrogen-bond acceptors (Lipinski definition) is 1. The highest BCUT2D eigenvalue weighted by Gasteiger charge is 2.49. The molecule has 2 heteroatoms. The molecule has 1 heterocycles. The van der Waals surface area contributed by atoms with Gasteiger partial charge in [0.25, 0.3) is 0 Å². The molecule has 0 aliphatic heterocycles. The van der Waals surface area contributed by atoms with Crippen LogP contribution in [0.4, 0.5) is 0 Å². The van der Waals surface area contributed by atoms with E-state index in [1.807, 2.05) is 55.7 Å². The van der Waals surface area contributed by atoms with Crippen LogP contribution in [0.2, 0.25) is 0 Å². The third-order valence-electron chi connectivity index (χ3n) is 4.76. The summed E-state index contributed by atoms with van der Waals surface area (Å²) in [5.74, 6) is 6.59. The number of aryl methyl sites for hydroxylation is 1. The van der Waals surface area contributed by atoms with E-state index in [0.717, 1.165) is 34.9 Å². The maximum Gasteiger partial charge on any atom is 0.0976 e. The predicted octanol–water partition coefficient (Wildman–Crippen LogP) is 4.04. The number of para-hydroxylation sites is 1. The van der Waals surface area contributed by atoms with E-state index in [0.29, 0.717) is 0 Å². The van der Waals surface area contributed by atoms with Crippen LogP contribution in [0.15, 0.2) is 60.8 Å². The van der Waals surface area contributed by atoms with Crippen molar-refractivity contribution in [3.63, 3.8) is 0 Å². The molecule has 1 atom stereocenters. The Kier molecular flexibility index (Phi) is 3.25. The molecule has 1 saturated carbocycles. The maximum absolute atomic E-state index is 11.0. The minimum absolute atomic E-state index is 0.292. The Morgan fingerprint density at radius 3 is 2.48 bits per heavy atom. The number of benzene rings is 2. The number of fused-ring (bicyclic) bond motifs is 1. The van der Waals surface area contributed by atoms with E-state index in [2.05, 4.69) is 28.5 Å². The second kappa shape index (κ2) is 5.30. The zero-order valence-electron chi connectivity index (χ0n) is 13.2. The summed E-state index contributed by atoms with van der Waals surface area (Å²) in [4.78, 5) is 0. The number of aliphatic hydroxyl groups excluding tert-OH is 1. The Labute approximate surface area is 136 Å². The van der Waals surface area contributed by atoms with Gasteiger partial charge in [-0.3, -0.25) is 0 Å². The lowest BCUT2D eigenvalue weighted by Crippen LogP contribution is -2.11. The van der Waals surface area contributed by atoms with Crippen molar-refractivity contribution in [2.45, 2.75) is 18.9 Å². The van der Waals surface area contributed by atoms with Crippen molar-refractivity contribution in [3.05, 3.63) is 71.9 Å². The highest BCUT2D eigenvalue weighted by atomic mass is 16.3. The van der Waals surface area contributed by atoms with Crippen molar-refractivity contribution in [3.8, 4) is 11.8 Å². The summed E-state index contributed by atoms with van der Waals surface area (Å²) in [7, 11) is 2.02. The smallest absolute Gasteiger partial charge is 0.0976 e. The fourth-order valence-corrected chi connectivity index (χ4v) is 3.21. The van der Waals surface area contributed by atoms with Crippen molar-refractivity contribution in [1.82, 2.24) is 4.57 Å². The Morgan fingerprint density at radius 1 is 1.04 bits per heavy atom. The number of nitrogens with zero attached hydrogens (tertiary/aromatic N) is 1. The van der Waals surface area contributed by atoms with Crippen molar-refractivity contribution in [2.75, 3.05) is 0 Å². The van der Waals surface area contributed by atoms with Gasteiger partial charge >= 0.3 is 0 Å². The van der Waals surface area contributed by atoms with Crippen LogP contribution < -0.4 is 0 Å². The SMILES string of the molecule is Cn1cc(C(O)C2(C#Cc3ccccc3)CC2)c2ccccc21. The van der Waals surface area contributed by atoms with Crippen molar-refractivity contribution in [1.29, 1.82) is 0 Å². The molecule has 114 valence electrons. The monoisotopic (exact) mass is 301 g/mol. The molecule has 1 aromatic heterocycles. The number of rotatable bonds is 2. The molecule has 2 aromatic carbocycles. The zero-order valence-corrected chi connectivity index (χ0v) is 13.2. The highest BCUT2D eigenvalue weighted by molar-refractivity contribution is 5.84. The van der Waals surface area contributed by atoms with Gasteiger partial charge in [-0.15, -0.1) is 0 Å². The quantitative estimate of drug-likeness (QED) is 0.710. The molecule has 0 saturated heterocycles. The van der Waals surface area contributed by atoms with Gasteiger partial charge in [-0.1, -0.05) is 48.2 Å². The van der Waals surface area contributed by atoms with Crippen molar-refractivity contribution in [2.24, 2.45) is 12.5 Å². The molecule has 1 unspecified atom stereocenters. The van der Waals surface area contributed by atoms with Gasteiger partial charge in [-0.25, -0.2) is 0 Å². The summed E-state index contributed by atoms with van der Waals surface area (Å²) >= 11 is 0. The minimum Gasteiger partial charge on any atom is -0.387 e. The third-order valence-corrected chi connectivity index (χ3v) is 4.76. The maximum atomic E-state index is 11.0. The number of aromatic nitrogens is 1. The first-order chi connectivity index (χ1) is 11.2. The van der Waals surface area contributed by atoms with E-state index in [-0.39, 0.29) is 5.41 Å². The molecule has 1 fully saturated rings. The van der Waals surface area contributed by atoms with Crippen LogP contribution in [-0.2, 0) is 7.05 Å². The summed E-state index contributed by atoms with van der Waals surface area (Å²) in [6, 6.07) is 18.2. The molecule has 0 amide bonds. The standard InChI is InChI=1S/C21H19NO/c1-22-15-18(17-9-5-6-10-19(17)22)20(23)21(13-14-21)12-11-16-7-3-2-4-8-16/h2-10,15,20,23H,13-14H2,1H3. The Morgan fingerprint density at radius 2 is 1.74 bits per heavy atom. The topological polar surface area (TPSA) is 25.2 Å². The second-order valence-corrected chi connectivity index (χ2v) is 6.39. The number of hydrogen-bond donors (Lipinski definition) is 1. The number of aliphatic hydroxyl groups is 1. The van der Waals surface area contributed by atoms with Crippen LogP contribution in [0.25, 0.3) is 10.9 Å². The molecule has 23 heavy (non-hydrogen) atoms. The van der Waals surface area contributed by atoms with Gasteiger partial charge in [-0.05, 0) is 31.0 Å². The van der Waals surface area contributed by atoms with Crippen LogP contribution in [0.1, 0.15) is 30.1 Å². The Bertz CT molecular complexity index is 907. The summed E-state index contributed by atoms with van der Waals surface area (Å²) in [5.41, 5.74) is 2.85. The van der Waals surface area contributed by atoms with Crippen molar-refractivity contribution >= 4 is 10.9 Å². The van der Waals surface area contributed by atoms with Gasteiger partial charge in [0, 0.05) is 35.3 Å². The average molecular weight is 301 g/mol. The van der Waals surface area contributed by atoms with E-state index < -0.39 is 6.10 Å². The molecule has 4 rings (SSSR count). The first-order valence-electron chi connectivity index (χ1n) is 8.00. The summed E-state index contributed by atoms with van der Waals surface area (Å²) in [6.07, 6.45) is 3.42. The predicted molar refractivity (Wildman–Crippen MR) is 92.9 cm³/mol. The summed E-state index contributed by atoms with van der Waals surface area (Å²) in [5, 5.41) is 12.1. The molecule has 0 spiro atoms. The molecule has 1 N–H and O–H groups in total. The highest BCUT2D eigenvalue weighted by Crippen LogP contribution is 2.55. The van der Waals surface area contributed by atoms with E-state index in [1.165, 1.54) is 0 Å². The summed E-state index contributed by atoms with van der Waals surface area (Å²) < 4.78 is 2.08. The Hall–Kier alpha value is -2.50. The largest absolute Gasteiger partial charge is 0.387 e. The van der Waals surface area contributed by atoms with Gasteiger partial charge in [0.1, 0.15) is 0 Å². The van der Waals surface area contributed by atoms with Gasteiger partial charge in [0.05, 0.1) is 11.5 Å². The van der Waals surface area contributed by atoms with Gasteiger partial charge in [0.2, 0.25) is 0 Å². The minimum atomic E-state index is -0.537. The molecule has 2 nitrogen and oxygen atoms in total. The molecular weight excluding hydrogens is 282 g/mol. The molecule has 0 radical (unpaired) electrons. The van der Waals surface area contributed by atoms with Gasteiger partial charge < -0.3 is 9.67 Å². The van der Waals surface area contributed by atoms with Crippen LogP contribution >= 0.6 is 0 Å². The third kappa shape index (κ3) is 2.44. The van der Waals surface area contributed by atoms with E-state index >= 15 is 0 Å². The zero-order chi connectivity index (χ0) is 15.9. The first-order valence-corrected chi connectivity index (χ1v) is 8.00. The van der Waals surface area contributed by atoms with E-state index in [4.69, 9.17) is 0 Å². The lowest BCUT2D eigenvalue weighted by molar-refractivity contribution is 0.125. The Balaban J connectivity index is 1.71.